The minimum Gasteiger partial charge on any atom is -0.494 e. The van der Waals surface area contributed by atoms with Crippen LogP contribution in [0.4, 0.5) is 10.3 Å². The second-order valence-corrected chi connectivity index (χ2v) is 5.92. The molecule has 2 aliphatic rings. The fourth-order valence-corrected chi connectivity index (χ4v) is 3.98. The molecule has 2 saturated heterocycles. The highest BCUT2D eigenvalue weighted by Crippen LogP contribution is 2.39. The minimum atomic E-state index is -0.399. The number of hydrogen-bond acceptors (Lipinski definition) is 4. The number of imidazole rings is 1. The number of hydrogen-bond donors (Lipinski definition) is 1. The molecule has 6 heteroatoms. The highest BCUT2D eigenvalue weighted by atomic mass is 19.1. The van der Waals surface area contributed by atoms with Crippen molar-refractivity contribution in [2.24, 2.45) is 0 Å². The summed E-state index contributed by atoms with van der Waals surface area (Å²) >= 11 is 0. The zero-order valence-corrected chi connectivity index (χ0v) is 12.1. The molecule has 1 aromatic heterocycles. The molecule has 2 fully saturated rings. The number of ether oxygens (including phenoxy) is 1. The molecule has 0 spiro atoms. The van der Waals surface area contributed by atoms with Gasteiger partial charge in [-0.3, -0.25) is 4.90 Å². The summed E-state index contributed by atoms with van der Waals surface area (Å²) in [5.41, 5.74) is 7.59. The second kappa shape index (κ2) is 4.59. The third kappa shape index (κ3) is 1.82. The smallest absolute Gasteiger partial charge is 0.201 e. The Morgan fingerprint density at radius 2 is 2.14 bits per heavy atom. The van der Waals surface area contributed by atoms with Crippen molar-refractivity contribution in [3.8, 4) is 5.75 Å². The van der Waals surface area contributed by atoms with Crippen molar-refractivity contribution in [1.82, 2.24) is 14.5 Å². The molecule has 0 aliphatic carbocycles. The molecule has 1 aromatic carbocycles. The van der Waals surface area contributed by atoms with E-state index in [-0.39, 0.29) is 5.75 Å². The highest BCUT2D eigenvalue weighted by molar-refractivity contribution is 5.80. The van der Waals surface area contributed by atoms with E-state index >= 15 is 0 Å². The van der Waals surface area contributed by atoms with Crippen molar-refractivity contribution in [2.75, 3.05) is 25.9 Å². The van der Waals surface area contributed by atoms with Crippen LogP contribution in [0.25, 0.3) is 11.0 Å². The number of fused-ring (bicyclic) bond motifs is 2. The van der Waals surface area contributed by atoms with E-state index in [1.54, 1.807) is 6.07 Å². The number of nitrogen functional groups attached to an aromatic ring is 1. The van der Waals surface area contributed by atoms with E-state index in [4.69, 9.17) is 10.5 Å². The van der Waals surface area contributed by atoms with Gasteiger partial charge in [0.2, 0.25) is 5.95 Å². The first-order chi connectivity index (χ1) is 10.2. The van der Waals surface area contributed by atoms with Crippen molar-refractivity contribution in [2.45, 2.75) is 31.3 Å². The second-order valence-electron chi connectivity index (χ2n) is 5.92. The predicted octanol–water partition coefficient (Wildman–Crippen LogP) is 2.18. The molecule has 5 nitrogen and oxygen atoms in total. The van der Waals surface area contributed by atoms with Gasteiger partial charge in [-0.1, -0.05) is 0 Å². The number of anilines is 1. The standard InChI is InChI=1S/C15H19FN4O/c1-21-14-8-13-10(7-9(14)16)18-15(17)20(13)12-4-6-19-5-2-3-11(12)19/h7-8,11-12H,2-6H2,1H3,(H2,17,18). The normalized spacial score (nSPS) is 25.6. The Morgan fingerprint density at radius 3 is 2.95 bits per heavy atom. The lowest BCUT2D eigenvalue weighted by Gasteiger charge is -2.23. The zero-order chi connectivity index (χ0) is 14.6. The summed E-state index contributed by atoms with van der Waals surface area (Å²) in [6, 6.07) is 3.97. The Hall–Kier alpha value is -1.82. The van der Waals surface area contributed by atoms with Crippen LogP contribution in [0.5, 0.6) is 5.75 Å². The van der Waals surface area contributed by atoms with Crippen LogP contribution in [-0.2, 0) is 0 Å². The van der Waals surface area contributed by atoms with Gasteiger partial charge < -0.3 is 15.0 Å². The van der Waals surface area contributed by atoms with E-state index in [9.17, 15) is 4.39 Å². The number of rotatable bonds is 2. The van der Waals surface area contributed by atoms with E-state index in [1.165, 1.54) is 32.6 Å². The molecule has 112 valence electrons. The summed E-state index contributed by atoms with van der Waals surface area (Å²) in [4.78, 5) is 6.86. The predicted molar refractivity (Wildman–Crippen MR) is 78.9 cm³/mol. The molecule has 2 aliphatic heterocycles. The van der Waals surface area contributed by atoms with E-state index in [2.05, 4.69) is 14.5 Å². The van der Waals surface area contributed by atoms with E-state index in [0.717, 1.165) is 18.5 Å². The van der Waals surface area contributed by atoms with E-state index in [1.807, 2.05) is 0 Å². The number of nitrogens with two attached hydrogens (primary N) is 1. The summed E-state index contributed by atoms with van der Waals surface area (Å²) in [7, 11) is 1.47. The van der Waals surface area contributed by atoms with Crippen LogP contribution in [0.3, 0.4) is 0 Å². The fraction of sp³-hybridized carbons (Fsp3) is 0.533. The number of nitrogens with zero attached hydrogens (tertiary/aromatic N) is 3. The summed E-state index contributed by atoms with van der Waals surface area (Å²) in [5, 5.41) is 0. The highest BCUT2D eigenvalue weighted by Gasteiger charge is 2.39. The molecule has 0 radical (unpaired) electrons. The summed E-state index contributed by atoms with van der Waals surface area (Å²) in [6.45, 7) is 2.28. The van der Waals surface area contributed by atoms with Crippen LogP contribution in [0.1, 0.15) is 25.3 Å². The summed E-state index contributed by atoms with van der Waals surface area (Å²) in [6.07, 6.45) is 3.51. The van der Waals surface area contributed by atoms with Crippen molar-refractivity contribution in [3.63, 3.8) is 0 Å². The average Bonchev–Trinajstić information content (AvgIpc) is 3.11. The fourth-order valence-electron chi connectivity index (χ4n) is 3.98. The van der Waals surface area contributed by atoms with Crippen LogP contribution < -0.4 is 10.5 Å². The molecular formula is C15H19FN4O. The molecular weight excluding hydrogens is 271 g/mol. The molecule has 21 heavy (non-hydrogen) atoms. The zero-order valence-electron chi connectivity index (χ0n) is 12.1. The van der Waals surface area contributed by atoms with Crippen LogP contribution in [0.15, 0.2) is 12.1 Å². The van der Waals surface area contributed by atoms with Crippen LogP contribution in [0.2, 0.25) is 0 Å². The van der Waals surface area contributed by atoms with Crippen molar-refractivity contribution < 1.29 is 9.13 Å². The summed E-state index contributed by atoms with van der Waals surface area (Å²) in [5.74, 6) is 0.310. The maximum atomic E-state index is 13.8. The Balaban J connectivity index is 1.86. The van der Waals surface area contributed by atoms with Crippen LogP contribution in [0, 0.1) is 5.82 Å². The third-order valence-corrected chi connectivity index (χ3v) is 4.89. The molecule has 4 rings (SSSR count). The number of halogens is 1. The molecule has 2 atom stereocenters. The maximum absolute atomic E-state index is 13.8. The van der Waals surface area contributed by atoms with Crippen LogP contribution >= 0.6 is 0 Å². The molecule has 0 bridgehead atoms. The number of methoxy groups -OCH3 is 1. The minimum absolute atomic E-state index is 0.241. The van der Waals surface area contributed by atoms with Gasteiger partial charge in [0.15, 0.2) is 11.6 Å². The van der Waals surface area contributed by atoms with Gasteiger partial charge in [-0.05, 0) is 25.8 Å². The quantitative estimate of drug-likeness (QED) is 0.921. The lowest BCUT2D eigenvalue weighted by atomic mass is 10.1. The molecule has 2 N–H and O–H groups in total. The van der Waals surface area contributed by atoms with Gasteiger partial charge in [-0.2, -0.15) is 0 Å². The van der Waals surface area contributed by atoms with Crippen molar-refractivity contribution >= 4 is 17.0 Å². The first kappa shape index (κ1) is 12.9. The topological polar surface area (TPSA) is 56.3 Å². The van der Waals surface area contributed by atoms with Crippen molar-refractivity contribution in [3.05, 3.63) is 17.9 Å². The van der Waals surface area contributed by atoms with E-state index < -0.39 is 5.82 Å². The van der Waals surface area contributed by atoms with Gasteiger partial charge in [0, 0.05) is 24.7 Å². The van der Waals surface area contributed by atoms with Gasteiger partial charge in [-0.25, -0.2) is 9.37 Å². The number of benzene rings is 1. The van der Waals surface area contributed by atoms with Gasteiger partial charge in [0.05, 0.1) is 24.2 Å². The van der Waals surface area contributed by atoms with E-state index in [0.29, 0.717) is 23.5 Å². The maximum Gasteiger partial charge on any atom is 0.201 e. The Labute approximate surface area is 122 Å². The van der Waals surface area contributed by atoms with Gasteiger partial charge >= 0.3 is 0 Å². The molecule has 2 aromatic rings. The molecule has 0 saturated carbocycles. The van der Waals surface area contributed by atoms with Gasteiger partial charge in [0.25, 0.3) is 0 Å². The first-order valence-corrected chi connectivity index (χ1v) is 7.44. The van der Waals surface area contributed by atoms with Gasteiger partial charge in [-0.15, -0.1) is 0 Å². The Morgan fingerprint density at radius 1 is 1.29 bits per heavy atom. The van der Waals surface area contributed by atoms with Crippen molar-refractivity contribution in [1.29, 1.82) is 0 Å². The SMILES string of the molecule is COc1cc2c(cc1F)nc(N)n2C1CCN2CCCC12. The largest absolute Gasteiger partial charge is 0.494 e. The monoisotopic (exact) mass is 290 g/mol. The lowest BCUT2D eigenvalue weighted by molar-refractivity contribution is 0.293. The third-order valence-electron chi connectivity index (χ3n) is 4.89. The molecule has 0 amide bonds. The molecule has 2 unspecified atom stereocenters. The average molecular weight is 290 g/mol. The molecule has 3 heterocycles. The van der Waals surface area contributed by atoms with Crippen LogP contribution in [-0.4, -0.2) is 40.7 Å². The lowest BCUT2D eigenvalue weighted by Crippen LogP contribution is -2.28. The Kier molecular flexibility index (Phi) is 2.82. The Bertz CT molecular complexity index is 699. The van der Waals surface area contributed by atoms with Gasteiger partial charge in [0.1, 0.15) is 0 Å². The number of aromatic nitrogens is 2. The summed E-state index contributed by atoms with van der Waals surface area (Å²) < 4.78 is 21.0. The first-order valence-electron chi connectivity index (χ1n) is 7.44.